The second-order valence-electron chi connectivity index (χ2n) is 29.1. The first-order valence-corrected chi connectivity index (χ1v) is 43.5. The number of unbranched alkanes of at least 4 members (excludes halogenated alkanes) is 47. The standard InChI is InChI=1S/C78H152O17P2/c1-7-9-11-13-15-17-19-20-21-22-23-27-30-37-43-49-55-61-76(81)89-67-74(94-77(82)62-56-50-44-38-31-28-25-24-26-29-34-40-46-52-58-70(3)4)69-93-97(86,87)91-65-72(79)64-90-96(84,85)92-68-73(66-88-75(80)60-54-48-42-36-18-16-14-12-10-8-2)95-78(83)63-57-51-45-39-33-32-35-41-47-53-59-71(5)6/h70-74,79H,7-69H2,1-6H3,(H,84,85)(H,86,87)/t72-,73+,74+/m0/s1. The molecule has 5 atom stereocenters. The maximum absolute atomic E-state index is 13.1. The second-order valence-corrected chi connectivity index (χ2v) is 32.0. The Morgan fingerprint density at radius 2 is 0.474 bits per heavy atom. The van der Waals surface area contributed by atoms with Crippen LogP contribution in [0.3, 0.4) is 0 Å². The molecule has 0 bridgehead atoms. The number of aliphatic hydroxyl groups excluding tert-OH is 1. The summed E-state index contributed by atoms with van der Waals surface area (Å²) in [4.78, 5) is 72.9. The molecule has 0 aliphatic rings. The Morgan fingerprint density at radius 3 is 0.701 bits per heavy atom. The zero-order valence-electron chi connectivity index (χ0n) is 63.4. The van der Waals surface area contributed by atoms with Crippen LogP contribution in [0.25, 0.3) is 0 Å². The number of rotatable bonds is 77. The lowest BCUT2D eigenvalue weighted by Gasteiger charge is -2.21. The molecular weight excluding hydrogens is 1270 g/mol. The van der Waals surface area contributed by atoms with Gasteiger partial charge < -0.3 is 33.8 Å². The van der Waals surface area contributed by atoms with Crippen molar-refractivity contribution in [1.82, 2.24) is 0 Å². The minimum absolute atomic E-state index is 0.106. The second kappa shape index (κ2) is 69.8. The molecule has 0 saturated heterocycles. The summed E-state index contributed by atoms with van der Waals surface area (Å²) in [7, 11) is -9.91. The fourth-order valence-electron chi connectivity index (χ4n) is 12.0. The average molecular weight is 1420 g/mol. The summed E-state index contributed by atoms with van der Waals surface area (Å²) in [5, 5.41) is 10.6. The van der Waals surface area contributed by atoms with Crippen LogP contribution in [0.15, 0.2) is 0 Å². The molecule has 0 saturated carbocycles. The molecule has 0 heterocycles. The normalized spacial score (nSPS) is 14.0. The molecule has 0 aromatic carbocycles. The SMILES string of the molecule is CCCCCCCCCCCCCCCCCCCC(=O)OC[C@H](COP(=O)(O)OC[C@@H](O)COP(=O)(O)OC[C@@H](COC(=O)CCCCCCCCCCCC)OC(=O)CCCCCCCCCCCCC(C)C)OC(=O)CCCCCCCCCCCCCCCCC(C)C. The highest BCUT2D eigenvalue weighted by atomic mass is 31.2. The molecule has 0 aromatic rings. The van der Waals surface area contributed by atoms with Crippen LogP contribution in [-0.2, 0) is 65.4 Å². The molecule has 0 rings (SSSR count). The number of ether oxygens (including phenoxy) is 4. The van der Waals surface area contributed by atoms with Gasteiger partial charge in [-0.1, -0.05) is 356 Å². The minimum atomic E-state index is -4.96. The van der Waals surface area contributed by atoms with E-state index < -0.39 is 97.5 Å². The van der Waals surface area contributed by atoms with E-state index in [1.807, 2.05) is 0 Å². The molecule has 97 heavy (non-hydrogen) atoms. The summed E-state index contributed by atoms with van der Waals surface area (Å²) in [6.07, 6.45) is 58.2. The van der Waals surface area contributed by atoms with Gasteiger partial charge in [-0.15, -0.1) is 0 Å². The zero-order valence-corrected chi connectivity index (χ0v) is 65.2. The Balaban J connectivity index is 5.24. The van der Waals surface area contributed by atoms with Crippen molar-refractivity contribution in [3.63, 3.8) is 0 Å². The molecule has 3 N–H and O–H groups in total. The fraction of sp³-hybridized carbons (Fsp3) is 0.949. The van der Waals surface area contributed by atoms with Gasteiger partial charge in [0.2, 0.25) is 0 Å². The predicted octanol–water partition coefficient (Wildman–Crippen LogP) is 23.1. The molecule has 0 radical (unpaired) electrons. The molecule has 17 nitrogen and oxygen atoms in total. The highest BCUT2D eigenvalue weighted by Crippen LogP contribution is 2.45. The van der Waals surface area contributed by atoms with Crippen molar-refractivity contribution in [3.05, 3.63) is 0 Å². The molecule has 0 aliphatic heterocycles. The van der Waals surface area contributed by atoms with Crippen LogP contribution in [0.4, 0.5) is 0 Å². The lowest BCUT2D eigenvalue weighted by atomic mass is 10.0. The number of carbonyl (C=O) groups excluding carboxylic acids is 4. The Kier molecular flexibility index (Phi) is 68.4. The first-order valence-electron chi connectivity index (χ1n) is 40.5. The quantitative estimate of drug-likeness (QED) is 0.0222. The monoisotopic (exact) mass is 1420 g/mol. The number of esters is 4. The van der Waals surface area contributed by atoms with Crippen LogP contribution in [0.1, 0.15) is 408 Å². The third-order valence-corrected chi connectivity index (χ3v) is 20.1. The average Bonchev–Trinajstić information content (AvgIpc) is 1.03. The van der Waals surface area contributed by atoms with Crippen molar-refractivity contribution < 1.29 is 80.2 Å². The number of carbonyl (C=O) groups is 4. The first-order chi connectivity index (χ1) is 46.9. The molecule has 0 fully saturated rings. The van der Waals surface area contributed by atoms with Crippen molar-refractivity contribution in [1.29, 1.82) is 0 Å². The van der Waals surface area contributed by atoms with Gasteiger partial charge in [0.05, 0.1) is 26.4 Å². The number of phosphoric ester groups is 2. The van der Waals surface area contributed by atoms with E-state index in [0.29, 0.717) is 25.7 Å². The largest absolute Gasteiger partial charge is 0.472 e. The number of aliphatic hydroxyl groups is 1. The Bertz CT molecular complexity index is 1870. The van der Waals surface area contributed by atoms with Gasteiger partial charge in [0.15, 0.2) is 12.2 Å². The van der Waals surface area contributed by atoms with Crippen LogP contribution >= 0.6 is 15.6 Å². The van der Waals surface area contributed by atoms with E-state index >= 15 is 0 Å². The topological polar surface area (TPSA) is 237 Å². The third kappa shape index (κ3) is 72.2. The zero-order chi connectivity index (χ0) is 71.4. The van der Waals surface area contributed by atoms with Crippen LogP contribution in [-0.4, -0.2) is 96.7 Å². The summed E-state index contributed by atoms with van der Waals surface area (Å²) >= 11 is 0. The van der Waals surface area contributed by atoms with E-state index in [2.05, 4.69) is 41.5 Å². The van der Waals surface area contributed by atoms with Gasteiger partial charge in [-0.25, -0.2) is 9.13 Å². The summed E-state index contributed by atoms with van der Waals surface area (Å²) < 4.78 is 68.6. The van der Waals surface area contributed by atoms with Crippen molar-refractivity contribution in [2.45, 2.75) is 426 Å². The Morgan fingerprint density at radius 1 is 0.278 bits per heavy atom. The van der Waals surface area contributed by atoms with E-state index in [9.17, 15) is 43.2 Å². The molecule has 0 amide bonds. The molecule has 0 aromatic heterocycles. The fourth-order valence-corrected chi connectivity index (χ4v) is 13.6. The molecule has 0 aliphatic carbocycles. The highest BCUT2D eigenvalue weighted by Gasteiger charge is 2.30. The molecule has 2 unspecified atom stereocenters. The van der Waals surface area contributed by atoms with Crippen molar-refractivity contribution >= 4 is 39.5 Å². The number of hydrogen-bond acceptors (Lipinski definition) is 15. The maximum Gasteiger partial charge on any atom is 0.472 e. The van der Waals surface area contributed by atoms with E-state index in [0.717, 1.165) is 102 Å². The third-order valence-electron chi connectivity index (χ3n) is 18.2. The van der Waals surface area contributed by atoms with Crippen LogP contribution < -0.4 is 0 Å². The van der Waals surface area contributed by atoms with Gasteiger partial charge in [0, 0.05) is 25.7 Å². The molecule has 576 valence electrons. The summed E-state index contributed by atoms with van der Waals surface area (Å²) in [5.41, 5.74) is 0. The van der Waals surface area contributed by atoms with Gasteiger partial charge in [0.1, 0.15) is 19.3 Å². The van der Waals surface area contributed by atoms with Gasteiger partial charge in [0.25, 0.3) is 0 Å². The van der Waals surface area contributed by atoms with E-state index in [-0.39, 0.29) is 25.7 Å². The van der Waals surface area contributed by atoms with Gasteiger partial charge in [-0.05, 0) is 37.5 Å². The van der Waals surface area contributed by atoms with Gasteiger partial charge >= 0.3 is 39.5 Å². The molecular formula is C78H152O17P2. The predicted molar refractivity (Wildman–Crippen MR) is 395 cm³/mol. The van der Waals surface area contributed by atoms with Crippen molar-refractivity contribution in [3.8, 4) is 0 Å². The first kappa shape index (κ1) is 95.1. The van der Waals surface area contributed by atoms with E-state index in [4.69, 9.17) is 37.0 Å². The maximum atomic E-state index is 13.1. The Hall–Kier alpha value is -1.94. The van der Waals surface area contributed by atoms with Gasteiger partial charge in [-0.3, -0.25) is 37.3 Å². The number of hydrogen-bond donors (Lipinski definition) is 3. The molecule has 0 spiro atoms. The molecule has 19 heteroatoms. The van der Waals surface area contributed by atoms with Crippen LogP contribution in [0.5, 0.6) is 0 Å². The number of phosphoric acid groups is 2. The van der Waals surface area contributed by atoms with Crippen molar-refractivity contribution in [2.75, 3.05) is 39.6 Å². The lowest BCUT2D eigenvalue weighted by molar-refractivity contribution is -0.161. The van der Waals surface area contributed by atoms with E-state index in [1.54, 1.807) is 0 Å². The lowest BCUT2D eigenvalue weighted by Crippen LogP contribution is -2.30. The Labute approximate surface area is 594 Å². The van der Waals surface area contributed by atoms with E-state index in [1.165, 1.54) is 225 Å². The highest BCUT2D eigenvalue weighted by molar-refractivity contribution is 7.47. The van der Waals surface area contributed by atoms with Crippen LogP contribution in [0.2, 0.25) is 0 Å². The van der Waals surface area contributed by atoms with Crippen molar-refractivity contribution in [2.24, 2.45) is 11.8 Å². The van der Waals surface area contributed by atoms with Crippen LogP contribution in [0, 0.1) is 11.8 Å². The summed E-state index contributed by atoms with van der Waals surface area (Å²) in [5.74, 6) is -0.565. The summed E-state index contributed by atoms with van der Waals surface area (Å²) in [6.45, 7) is 9.62. The van der Waals surface area contributed by atoms with Gasteiger partial charge in [-0.2, -0.15) is 0 Å². The smallest absolute Gasteiger partial charge is 0.462 e. The minimum Gasteiger partial charge on any atom is -0.462 e. The summed E-state index contributed by atoms with van der Waals surface area (Å²) in [6, 6.07) is 0.